The number of aryl methyl sites for hydroxylation is 1. The van der Waals surface area contributed by atoms with Gasteiger partial charge in [0.05, 0.1) is 12.2 Å². The predicted molar refractivity (Wildman–Crippen MR) is 121 cm³/mol. The predicted octanol–water partition coefficient (Wildman–Crippen LogP) is 3.22. The minimum Gasteiger partial charge on any atom is -0.356 e. The minimum absolute atomic E-state index is 0.232. The first kappa shape index (κ1) is 22.4. The van der Waals surface area contributed by atoms with E-state index in [0.29, 0.717) is 5.92 Å². The number of benzene rings is 1. The summed E-state index contributed by atoms with van der Waals surface area (Å²) in [6.07, 6.45) is 6.16. The van der Waals surface area contributed by atoms with Crippen LogP contribution in [0, 0.1) is 5.92 Å². The molecule has 0 aliphatic rings. The zero-order valence-electron chi connectivity index (χ0n) is 17.6. The van der Waals surface area contributed by atoms with Crippen LogP contribution < -0.4 is 10.6 Å². The molecular weight excluding hydrogens is 416 g/mol. The molecule has 2 rings (SSSR count). The van der Waals surface area contributed by atoms with Crippen LogP contribution in [0.2, 0.25) is 0 Å². The number of hydrogen-bond acceptors (Lipinski definition) is 3. The minimum atomic E-state index is 0.232. The third-order valence-electron chi connectivity index (χ3n) is 4.97. The van der Waals surface area contributed by atoms with E-state index >= 15 is 0 Å². The van der Waals surface area contributed by atoms with Gasteiger partial charge in [0, 0.05) is 43.4 Å². The fourth-order valence-corrected chi connectivity index (χ4v) is 3.67. The lowest BCUT2D eigenvalue weighted by atomic mass is 9.97. The molecule has 0 aliphatic carbocycles. The topological polar surface area (TPSA) is 57.5 Å². The fraction of sp³-hybridized carbons (Fsp3) is 0.524. The molecule has 0 aliphatic heterocycles. The Balaban J connectivity index is 1.88. The molecule has 0 saturated heterocycles. The number of likely N-dealkylation sites (N-methyl/N-ethyl adjacent to an activating group) is 1. The lowest BCUT2D eigenvalue weighted by Gasteiger charge is -2.25. The Kier molecular flexibility index (Phi) is 8.99. The molecule has 2 atom stereocenters. The van der Waals surface area contributed by atoms with Gasteiger partial charge in [0.15, 0.2) is 5.96 Å². The highest BCUT2D eigenvalue weighted by atomic mass is 79.9. The van der Waals surface area contributed by atoms with E-state index in [1.165, 1.54) is 11.1 Å². The average Bonchev–Trinajstić information content (AvgIpc) is 3.09. The molecule has 1 heterocycles. The highest BCUT2D eigenvalue weighted by Gasteiger charge is 2.16. The zero-order chi connectivity index (χ0) is 20.5. The second-order valence-corrected chi connectivity index (χ2v) is 8.28. The molecule has 0 bridgehead atoms. The van der Waals surface area contributed by atoms with E-state index in [9.17, 15) is 0 Å². The van der Waals surface area contributed by atoms with Gasteiger partial charge < -0.3 is 15.5 Å². The summed E-state index contributed by atoms with van der Waals surface area (Å²) in [5.41, 5.74) is 2.55. The van der Waals surface area contributed by atoms with Gasteiger partial charge in [-0.1, -0.05) is 41.4 Å². The summed E-state index contributed by atoms with van der Waals surface area (Å²) >= 11 is 3.56. The summed E-state index contributed by atoms with van der Waals surface area (Å²) in [5, 5.41) is 11.3. The van der Waals surface area contributed by atoms with Gasteiger partial charge in [0.2, 0.25) is 0 Å². The second-order valence-electron chi connectivity index (χ2n) is 7.37. The lowest BCUT2D eigenvalue weighted by Crippen LogP contribution is -2.43. The van der Waals surface area contributed by atoms with Gasteiger partial charge >= 0.3 is 0 Å². The SMILES string of the molecule is CCC(CNC(=NC)NCC(c1cnn(C)c1)N(C)C)Cc1cccc(Br)c1. The first-order valence-electron chi connectivity index (χ1n) is 9.76. The molecule has 7 heteroatoms. The molecule has 0 radical (unpaired) electrons. The number of hydrogen-bond donors (Lipinski definition) is 2. The number of guanidine groups is 1. The maximum absolute atomic E-state index is 4.39. The van der Waals surface area contributed by atoms with E-state index in [0.717, 1.165) is 36.4 Å². The number of halogens is 1. The number of aliphatic imine (C=N–C) groups is 1. The van der Waals surface area contributed by atoms with Crippen molar-refractivity contribution in [2.75, 3.05) is 34.2 Å². The highest BCUT2D eigenvalue weighted by molar-refractivity contribution is 9.10. The molecule has 2 N–H and O–H groups in total. The van der Waals surface area contributed by atoms with E-state index in [2.05, 4.69) is 93.0 Å². The summed E-state index contributed by atoms with van der Waals surface area (Å²) in [6.45, 7) is 3.90. The van der Waals surface area contributed by atoms with Crippen LogP contribution in [0.4, 0.5) is 0 Å². The Morgan fingerprint density at radius 1 is 1.29 bits per heavy atom. The van der Waals surface area contributed by atoms with E-state index in [1.54, 1.807) is 0 Å². The largest absolute Gasteiger partial charge is 0.356 e. The lowest BCUT2D eigenvalue weighted by molar-refractivity contribution is 0.298. The molecule has 2 unspecified atom stereocenters. The first-order chi connectivity index (χ1) is 13.4. The van der Waals surface area contributed by atoms with E-state index in [1.807, 2.05) is 25.0 Å². The molecule has 0 saturated carbocycles. The molecule has 28 heavy (non-hydrogen) atoms. The Bertz CT molecular complexity index is 755. The van der Waals surface area contributed by atoms with Gasteiger partial charge in [-0.2, -0.15) is 5.10 Å². The molecule has 0 fully saturated rings. The summed E-state index contributed by atoms with van der Waals surface area (Å²) in [5.74, 6) is 1.39. The highest BCUT2D eigenvalue weighted by Crippen LogP contribution is 2.17. The van der Waals surface area contributed by atoms with Crippen LogP contribution in [0.5, 0.6) is 0 Å². The van der Waals surface area contributed by atoms with Crippen LogP contribution in [0.15, 0.2) is 46.1 Å². The molecule has 154 valence electrons. The van der Waals surface area contributed by atoms with Crippen molar-refractivity contribution in [3.8, 4) is 0 Å². The summed E-state index contributed by atoms with van der Waals surface area (Å²) < 4.78 is 2.97. The molecule has 2 aromatic rings. The van der Waals surface area contributed by atoms with Gasteiger partial charge in [-0.15, -0.1) is 0 Å². The maximum Gasteiger partial charge on any atom is 0.191 e. The fourth-order valence-electron chi connectivity index (χ4n) is 3.22. The third-order valence-corrected chi connectivity index (χ3v) is 5.46. The van der Waals surface area contributed by atoms with E-state index in [-0.39, 0.29) is 6.04 Å². The Morgan fingerprint density at radius 2 is 2.04 bits per heavy atom. The summed E-state index contributed by atoms with van der Waals surface area (Å²) in [6, 6.07) is 8.79. The normalized spacial score (nSPS) is 14.2. The Labute approximate surface area is 177 Å². The van der Waals surface area contributed by atoms with Crippen molar-refractivity contribution in [2.24, 2.45) is 18.0 Å². The van der Waals surface area contributed by atoms with Crippen LogP contribution in [0.25, 0.3) is 0 Å². The van der Waals surface area contributed by atoms with E-state index in [4.69, 9.17) is 0 Å². The number of rotatable bonds is 9. The third kappa shape index (κ3) is 6.95. The maximum atomic E-state index is 4.39. The van der Waals surface area contributed by atoms with Crippen LogP contribution in [0.1, 0.15) is 30.5 Å². The molecule has 0 amide bonds. The van der Waals surface area contributed by atoms with Crippen molar-refractivity contribution in [2.45, 2.75) is 25.8 Å². The van der Waals surface area contributed by atoms with Crippen molar-refractivity contribution >= 4 is 21.9 Å². The van der Waals surface area contributed by atoms with Gasteiger partial charge in [-0.3, -0.25) is 9.67 Å². The Hall–Kier alpha value is -1.86. The quantitative estimate of drug-likeness (QED) is 0.456. The van der Waals surface area contributed by atoms with Crippen LogP contribution >= 0.6 is 15.9 Å². The standard InChI is InChI=1S/C21H33BrN6/c1-6-16(10-17-8-7-9-19(22)11-17)12-24-21(23-2)25-14-20(27(3)4)18-13-26-28(5)15-18/h7-9,11,13,15-16,20H,6,10,12,14H2,1-5H3,(H2,23,24,25). The van der Waals surface area contributed by atoms with Crippen molar-refractivity contribution < 1.29 is 0 Å². The second kappa shape index (κ2) is 11.2. The van der Waals surface area contributed by atoms with Gasteiger partial charge in [0.25, 0.3) is 0 Å². The van der Waals surface area contributed by atoms with Crippen molar-refractivity contribution in [1.82, 2.24) is 25.3 Å². The van der Waals surface area contributed by atoms with Gasteiger partial charge in [-0.25, -0.2) is 0 Å². The summed E-state index contributed by atoms with van der Waals surface area (Å²) in [4.78, 5) is 6.59. The molecular formula is C21H33BrN6. The van der Waals surface area contributed by atoms with Gasteiger partial charge in [-0.05, 0) is 44.1 Å². The van der Waals surface area contributed by atoms with Crippen molar-refractivity contribution in [3.63, 3.8) is 0 Å². The summed E-state index contributed by atoms with van der Waals surface area (Å²) in [7, 11) is 7.93. The smallest absolute Gasteiger partial charge is 0.191 e. The number of nitrogens with zero attached hydrogens (tertiary/aromatic N) is 4. The monoisotopic (exact) mass is 448 g/mol. The van der Waals surface area contributed by atoms with Gasteiger partial charge in [0.1, 0.15) is 0 Å². The zero-order valence-corrected chi connectivity index (χ0v) is 19.2. The van der Waals surface area contributed by atoms with Crippen LogP contribution in [0.3, 0.4) is 0 Å². The molecule has 1 aromatic heterocycles. The molecule has 6 nitrogen and oxygen atoms in total. The number of nitrogens with one attached hydrogen (secondary N) is 2. The van der Waals surface area contributed by atoms with Crippen LogP contribution in [-0.4, -0.2) is 54.9 Å². The number of aromatic nitrogens is 2. The Morgan fingerprint density at radius 3 is 2.61 bits per heavy atom. The molecule has 0 spiro atoms. The van der Waals surface area contributed by atoms with Crippen molar-refractivity contribution in [1.29, 1.82) is 0 Å². The average molecular weight is 449 g/mol. The van der Waals surface area contributed by atoms with E-state index < -0.39 is 0 Å². The first-order valence-corrected chi connectivity index (χ1v) is 10.6. The van der Waals surface area contributed by atoms with Crippen molar-refractivity contribution in [3.05, 3.63) is 52.3 Å². The van der Waals surface area contributed by atoms with Crippen LogP contribution in [-0.2, 0) is 13.5 Å². The molecule has 1 aromatic carbocycles.